The van der Waals surface area contributed by atoms with Gasteiger partial charge in [0.2, 0.25) is 11.8 Å². The fraction of sp³-hybridized carbons (Fsp3) is 0.650. The fourth-order valence-corrected chi connectivity index (χ4v) is 4.88. The maximum Gasteiger partial charge on any atom is 0.414 e. The maximum atomic E-state index is 12.8. The van der Waals surface area contributed by atoms with Crippen molar-refractivity contribution in [1.82, 2.24) is 15.6 Å². The molecule has 1 atom stereocenters. The van der Waals surface area contributed by atoms with Crippen molar-refractivity contribution in [3.63, 3.8) is 0 Å². The number of likely N-dealkylation sites (N-methyl/N-ethyl adjacent to an activating group) is 1. The van der Waals surface area contributed by atoms with Crippen molar-refractivity contribution in [1.29, 1.82) is 0 Å². The fourth-order valence-electron chi connectivity index (χ4n) is 3.02. The molecule has 0 spiro atoms. The van der Waals surface area contributed by atoms with Crippen LogP contribution in [0, 0.1) is 11.3 Å². The normalized spacial score (nSPS) is 15.7. The minimum atomic E-state index is -3.60. The van der Waals surface area contributed by atoms with Gasteiger partial charge in [-0.2, -0.15) is 0 Å². The molecule has 29 heavy (non-hydrogen) atoms. The summed E-state index contributed by atoms with van der Waals surface area (Å²) in [4.78, 5) is 28.6. The van der Waals surface area contributed by atoms with Crippen LogP contribution in [0.5, 0.6) is 5.88 Å². The van der Waals surface area contributed by atoms with Crippen LogP contribution in [0.25, 0.3) is 0 Å². The summed E-state index contributed by atoms with van der Waals surface area (Å²) in [6.45, 7) is 9.09. The molecule has 1 aliphatic rings. The van der Waals surface area contributed by atoms with Crippen LogP contribution in [0.4, 0.5) is 4.79 Å². The number of amides is 2. The van der Waals surface area contributed by atoms with E-state index in [0.717, 1.165) is 12.8 Å². The molecule has 2 N–H and O–H groups in total. The van der Waals surface area contributed by atoms with E-state index in [4.69, 9.17) is 4.74 Å². The minimum Gasteiger partial charge on any atom is -0.391 e. The lowest BCUT2D eigenvalue weighted by Crippen LogP contribution is -2.53. The number of hydrogen-bond donors (Lipinski definition) is 2. The van der Waals surface area contributed by atoms with Crippen molar-refractivity contribution in [3.05, 3.63) is 17.7 Å². The first-order chi connectivity index (χ1) is 13.3. The number of aromatic nitrogens is 1. The monoisotopic (exact) mass is 425 g/mol. The SMILES string of the molecule is CNC(=O)[C@@H](NC(=O)Oc1ccc(C2CC2)c(S(=O)(=O)CC(C)C)n1)C(C)(C)C. The first kappa shape index (κ1) is 23.1. The molecule has 8 nitrogen and oxygen atoms in total. The molecular weight excluding hydrogens is 394 g/mol. The summed E-state index contributed by atoms with van der Waals surface area (Å²) in [5.41, 5.74) is 0.130. The van der Waals surface area contributed by atoms with E-state index < -0.39 is 27.4 Å². The Morgan fingerprint density at radius 2 is 1.86 bits per heavy atom. The van der Waals surface area contributed by atoms with E-state index >= 15 is 0 Å². The van der Waals surface area contributed by atoms with Crippen molar-refractivity contribution < 1.29 is 22.7 Å². The smallest absolute Gasteiger partial charge is 0.391 e. The molecule has 162 valence electrons. The summed E-state index contributed by atoms with van der Waals surface area (Å²) in [7, 11) is -2.12. The maximum absolute atomic E-state index is 12.8. The highest BCUT2D eigenvalue weighted by atomic mass is 32.2. The molecule has 1 aliphatic carbocycles. The Balaban J connectivity index is 2.26. The van der Waals surface area contributed by atoms with E-state index in [0.29, 0.717) is 5.56 Å². The average Bonchev–Trinajstić information content (AvgIpc) is 3.42. The zero-order valence-corrected chi connectivity index (χ0v) is 18.7. The van der Waals surface area contributed by atoms with Gasteiger partial charge in [-0.25, -0.2) is 18.2 Å². The molecule has 0 bridgehead atoms. The number of rotatable bonds is 7. The third-order valence-electron chi connectivity index (χ3n) is 4.56. The van der Waals surface area contributed by atoms with Crippen LogP contribution < -0.4 is 15.4 Å². The van der Waals surface area contributed by atoms with Crippen LogP contribution in [0.3, 0.4) is 0 Å². The highest BCUT2D eigenvalue weighted by Gasteiger charge is 2.34. The van der Waals surface area contributed by atoms with Crippen LogP contribution in [0.1, 0.15) is 58.9 Å². The van der Waals surface area contributed by atoms with E-state index in [1.807, 2.05) is 34.6 Å². The van der Waals surface area contributed by atoms with E-state index in [1.54, 1.807) is 6.07 Å². The first-order valence-corrected chi connectivity index (χ1v) is 11.4. The van der Waals surface area contributed by atoms with Crippen molar-refractivity contribution in [2.24, 2.45) is 11.3 Å². The molecule has 2 rings (SSSR count). The van der Waals surface area contributed by atoms with E-state index in [1.165, 1.54) is 13.1 Å². The summed E-state index contributed by atoms with van der Waals surface area (Å²) in [5, 5.41) is 5.03. The zero-order valence-electron chi connectivity index (χ0n) is 17.9. The Hall–Kier alpha value is -2.16. The van der Waals surface area contributed by atoms with Gasteiger partial charge in [-0.1, -0.05) is 40.7 Å². The quantitative estimate of drug-likeness (QED) is 0.694. The number of sulfone groups is 1. The van der Waals surface area contributed by atoms with Crippen LogP contribution >= 0.6 is 0 Å². The molecule has 0 unspecified atom stereocenters. The molecule has 9 heteroatoms. The van der Waals surface area contributed by atoms with Crippen LogP contribution in [-0.2, 0) is 14.6 Å². The lowest BCUT2D eigenvalue weighted by Gasteiger charge is -2.29. The van der Waals surface area contributed by atoms with E-state index in [-0.39, 0.29) is 34.4 Å². The molecule has 2 amide bonds. The molecule has 1 aromatic heterocycles. The van der Waals surface area contributed by atoms with Gasteiger partial charge in [0, 0.05) is 13.1 Å². The Kier molecular flexibility index (Phi) is 6.93. The summed E-state index contributed by atoms with van der Waals surface area (Å²) in [5.74, 6) is -0.369. The van der Waals surface area contributed by atoms with Crippen molar-refractivity contribution >= 4 is 21.8 Å². The van der Waals surface area contributed by atoms with Gasteiger partial charge in [-0.15, -0.1) is 0 Å². The third-order valence-corrected chi connectivity index (χ3v) is 6.58. The third kappa shape index (κ3) is 6.16. The second kappa shape index (κ2) is 8.69. The summed E-state index contributed by atoms with van der Waals surface area (Å²) in [6, 6.07) is 2.34. The topological polar surface area (TPSA) is 114 Å². The average molecular weight is 426 g/mol. The Labute approximate surface area is 172 Å². The number of ether oxygens (including phenoxy) is 1. The summed E-state index contributed by atoms with van der Waals surface area (Å²) in [6.07, 6.45) is 0.977. The second-order valence-corrected chi connectivity index (χ2v) is 10.9. The number of nitrogens with zero attached hydrogens (tertiary/aromatic N) is 1. The van der Waals surface area contributed by atoms with Gasteiger partial charge in [0.25, 0.3) is 0 Å². The highest BCUT2D eigenvalue weighted by Crippen LogP contribution is 2.43. The molecule has 1 heterocycles. The molecular formula is C20H31N3O5S. The standard InChI is InChI=1S/C20H31N3O5S/c1-12(2)11-29(26,27)18-14(13-7-8-13)9-10-15(22-18)28-19(25)23-16(17(24)21-6)20(3,4)5/h9-10,12-13,16H,7-8,11H2,1-6H3,(H,21,24)(H,23,25)/t16-/m1/s1. The Morgan fingerprint density at radius 3 is 2.34 bits per heavy atom. The van der Waals surface area contributed by atoms with Gasteiger partial charge in [0.05, 0.1) is 5.75 Å². The number of hydrogen-bond acceptors (Lipinski definition) is 6. The van der Waals surface area contributed by atoms with Crippen LogP contribution in [0.2, 0.25) is 0 Å². The van der Waals surface area contributed by atoms with Crippen molar-refractivity contribution in [3.8, 4) is 5.88 Å². The van der Waals surface area contributed by atoms with Gasteiger partial charge < -0.3 is 15.4 Å². The molecule has 0 aliphatic heterocycles. The summed E-state index contributed by atoms with van der Waals surface area (Å²) >= 11 is 0. The first-order valence-electron chi connectivity index (χ1n) is 9.78. The Morgan fingerprint density at radius 1 is 1.24 bits per heavy atom. The molecule has 1 aromatic rings. The lowest BCUT2D eigenvalue weighted by molar-refractivity contribution is -0.124. The van der Waals surface area contributed by atoms with Gasteiger partial charge >= 0.3 is 6.09 Å². The number of nitrogens with one attached hydrogen (secondary N) is 2. The molecule has 1 fully saturated rings. The van der Waals surface area contributed by atoms with Crippen molar-refractivity contribution in [2.45, 2.75) is 64.4 Å². The number of carbonyl (C=O) groups is 2. The molecule has 0 aromatic carbocycles. The zero-order chi connectivity index (χ0) is 22.0. The van der Waals surface area contributed by atoms with Crippen molar-refractivity contribution in [2.75, 3.05) is 12.8 Å². The number of carbonyl (C=O) groups excluding carboxylic acids is 2. The van der Waals surface area contributed by atoms with Gasteiger partial charge in [-0.05, 0) is 35.7 Å². The molecule has 0 radical (unpaired) electrons. The largest absolute Gasteiger partial charge is 0.414 e. The van der Waals surface area contributed by atoms with E-state index in [2.05, 4.69) is 15.6 Å². The van der Waals surface area contributed by atoms with Gasteiger partial charge in [0.1, 0.15) is 6.04 Å². The van der Waals surface area contributed by atoms with Gasteiger partial charge in [-0.3, -0.25) is 4.79 Å². The number of pyridine rings is 1. The summed E-state index contributed by atoms with van der Waals surface area (Å²) < 4.78 is 30.8. The Bertz CT molecular complexity index is 871. The van der Waals surface area contributed by atoms with Gasteiger partial charge in [0.15, 0.2) is 14.9 Å². The second-order valence-electron chi connectivity index (χ2n) is 8.94. The van der Waals surface area contributed by atoms with Crippen LogP contribution in [0.15, 0.2) is 17.2 Å². The highest BCUT2D eigenvalue weighted by molar-refractivity contribution is 7.91. The predicted molar refractivity (Wildman–Crippen MR) is 110 cm³/mol. The molecule has 1 saturated carbocycles. The van der Waals surface area contributed by atoms with E-state index in [9.17, 15) is 18.0 Å². The van der Waals surface area contributed by atoms with Crippen LogP contribution in [-0.4, -0.2) is 44.2 Å². The minimum absolute atomic E-state index is 0.0160. The predicted octanol–water partition coefficient (Wildman–Crippen LogP) is 2.64. The molecule has 0 saturated heterocycles. The lowest BCUT2D eigenvalue weighted by atomic mass is 9.86.